The van der Waals surface area contributed by atoms with Crippen LogP contribution in [0.25, 0.3) is 16.9 Å². The normalized spacial score (nSPS) is 13.8. The van der Waals surface area contributed by atoms with Gasteiger partial charge in [-0.05, 0) is 50.6 Å². The zero-order chi connectivity index (χ0) is 17.2. The third-order valence-electron chi connectivity index (χ3n) is 4.77. The summed E-state index contributed by atoms with van der Waals surface area (Å²) < 4.78 is 2.09. The minimum Gasteiger partial charge on any atom is -0.370 e. The van der Waals surface area contributed by atoms with Crippen LogP contribution in [0.1, 0.15) is 24.0 Å². The maximum absolute atomic E-state index is 5.05. The highest BCUT2D eigenvalue weighted by molar-refractivity contribution is 7.98. The van der Waals surface area contributed by atoms with E-state index in [9.17, 15) is 0 Å². The molecule has 0 aliphatic carbocycles. The highest BCUT2D eigenvalue weighted by atomic mass is 32.2. The van der Waals surface area contributed by atoms with Crippen LogP contribution in [0.3, 0.4) is 0 Å². The number of nitrogens with one attached hydrogen (secondary N) is 1. The number of aryl methyl sites for hydroxylation is 1. The zero-order valence-corrected chi connectivity index (χ0v) is 15.6. The quantitative estimate of drug-likeness (QED) is 0.649. The summed E-state index contributed by atoms with van der Waals surface area (Å²) in [6.07, 6.45) is 5.61. The smallest absolute Gasteiger partial charge is 0.133 e. The van der Waals surface area contributed by atoms with Gasteiger partial charge in [-0.15, -0.1) is 11.8 Å². The second-order valence-corrected chi connectivity index (χ2v) is 7.36. The molecule has 1 aliphatic heterocycles. The van der Waals surface area contributed by atoms with Crippen LogP contribution >= 0.6 is 11.8 Å². The summed E-state index contributed by atoms with van der Waals surface area (Å²) in [5.74, 6) is 1.16. The summed E-state index contributed by atoms with van der Waals surface area (Å²) in [7, 11) is 0. The monoisotopic (exact) mass is 349 g/mol. The molecule has 4 rings (SSSR count). The lowest BCUT2D eigenvalue weighted by Gasteiger charge is -2.09. The molecule has 3 aromatic rings. The van der Waals surface area contributed by atoms with Crippen molar-refractivity contribution in [2.24, 2.45) is 0 Å². The first-order valence-electron chi connectivity index (χ1n) is 8.84. The van der Waals surface area contributed by atoms with Gasteiger partial charge in [0.25, 0.3) is 0 Å². The lowest BCUT2D eigenvalue weighted by atomic mass is 10.0. The average molecular weight is 350 g/mol. The number of hydrogen-bond acceptors (Lipinski definition) is 3. The molecule has 0 radical (unpaired) electrons. The van der Waals surface area contributed by atoms with E-state index in [1.54, 1.807) is 11.8 Å². The van der Waals surface area contributed by atoms with E-state index in [1.165, 1.54) is 34.4 Å². The number of fused-ring (bicyclic) bond motifs is 1. The van der Waals surface area contributed by atoms with Crippen LogP contribution < -0.4 is 5.32 Å². The van der Waals surface area contributed by atoms with Gasteiger partial charge in [0.05, 0.1) is 11.4 Å². The molecule has 0 bridgehead atoms. The maximum atomic E-state index is 5.05. The molecule has 0 saturated heterocycles. The number of aromatic nitrogens is 2. The molecule has 25 heavy (non-hydrogen) atoms. The van der Waals surface area contributed by atoms with Gasteiger partial charge in [-0.3, -0.25) is 0 Å². The molecule has 1 aliphatic rings. The number of thioether (sulfide) groups is 1. The van der Waals surface area contributed by atoms with Crippen LogP contribution in [-0.4, -0.2) is 22.6 Å². The Morgan fingerprint density at radius 3 is 2.64 bits per heavy atom. The van der Waals surface area contributed by atoms with Crippen molar-refractivity contribution in [2.45, 2.75) is 31.1 Å². The number of hydrogen-bond donors (Lipinski definition) is 1. The molecule has 0 fully saturated rings. The lowest BCUT2D eigenvalue weighted by Crippen LogP contribution is -2.07. The molecule has 0 atom stereocenters. The second-order valence-electron chi connectivity index (χ2n) is 6.51. The van der Waals surface area contributed by atoms with Crippen molar-refractivity contribution >= 4 is 17.6 Å². The van der Waals surface area contributed by atoms with E-state index in [2.05, 4.69) is 71.7 Å². The number of rotatable bonds is 3. The summed E-state index contributed by atoms with van der Waals surface area (Å²) >= 11 is 1.78. The summed E-state index contributed by atoms with van der Waals surface area (Å²) in [5.41, 5.74) is 6.09. The largest absolute Gasteiger partial charge is 0.370 e. The van der Waals surface area contributed by atoms with Gasteiger partial charge < -0.3 is 5.32 Å². The first-order chi connectivity index (χ1) is 12.3. The fourth-order valence-corrected chi connectivity index (χ4v) is 4.03. The molecule has 2 heterocycles. The van der Waals surface area contributed by atoms with Crippen molar-refractivity contribution in [3.05, 3.63) is 59.7 Å². The van der Waals surface area contributed by atoms with Crippen LogP contribution in [0, 0.1) is 6.92 Å². The minimum absolute atomic E-state index is 1.01. The third-order valence-corrected chi connectivity index (χ3v) is 5.57. The Labute approximate surface area is 153 Å². The van der Waals surface area contributed by atoms with Crippen LogP contribution in [-0.2, 0) is 6.42 Å². The van der Waals surface area contributed by atoms with Crippen molar-refractivity contribution in [3.8, 4) is 16.9 Å². The van der Waals surface area contributed by atoms with Crippen LogP contribution in [0.15, 0.2) is 53.4 Å². The van der Waals surface area contributed by atoms with Gasteiger partial charge >= 0.3 is 0 Å². The Morgan fingerprint density at radius 1 is 1.04 bits per heavy atom. The van der Waals surface area contributed by atoms with Gasteiger partial charge in [-0.25, -0.2) is 4.68 Å². The van der Waals surface area contributed by atoms with Gasteiger partial charge in [0.15, 0.2) is 0 Å². The zero-order valence-electron chi connectivity index (χ0n) is 14.7. The van der Waals surface area contributed by atoms with E-state index in [4.69, 9.17) is 5.10 Å². The summed E-state index contributed by atoms with van der Waals surface area (Å²) in [4.78, 5) is 1.28. The van der Waals surface area contributed by atoms with Crippen molar-refractivity contribution in [1.82, 2.24) is 9.78 Å². The number of nitrogens with zero attached hydrogens (tertiary/aromatic N) is 2. The first kappa shape index (κ1) is 16.3. The van der Waals surface area contributed by atoms with Crippen molar-refractivity contribution in [1.29, 1.82) is 0 Å². The minimum atomic E-state index is 1.01. The SMILES string of the molecule is CSc1ccccc1-c1nn(-c2ccc(C)cc2)c2c1CCCCN2. The Kier molecular flexibility index (Phi) is 4.53. The summed E-state index contributed by atoms with van der Waals surface area (Å²) in [6.45, 7) is 3.12. The number of anilines is 1. The predicted octanol–water partition coefficient (Wildman–Crippen LogP) is 5.32. The molecule has 128 valence electrons. The molecule has 3 nitrogen and oxygen atoms in total. The third kappa shape index (κ3) is 3.07. The van der Waals surface area contributed by atoms with Gasteiger partial charge in [0, 0.05) is 22.6 Å². The predicted molar refractivity (Wildman–Crippen MR) is 107 cm³/mol. The van der Waals surface area contributed by atoms with Gasteiger partial charge in [-0.2, -0.15) is 5.10 Å². The lowest BCUT2D eigenvalue weighted by molar-refractivity contribution is 0.779. The van der Waals surface area contributed by atoms with Crippen LogP contribution in [0.5, 0.6) is 0 Å². The number of benzene rings is 2. The van der Waals surface area contributed by atoms with E-state index < -0.39 is 0 Å². The molecule has 1 aromatic heterocycles. The summed E-state index contributed by atoms with van der Waals surface area (Å²) in [5, 5.41) is 8.68. The van der Waals surface area contributed by atoms with E-state index in [0.717, 1.165) is 30.2 Å². The highest BCUT2D eigenvalue weighted by Gasteiger charge is 2.22. The summed E-state index contributed by atoms with van der Waals surface area (Å²) in [6, 6.07) is 17.2. The van der Waals surface area contributed by atoms with Crippen molar-refractivity contribution < 1.29 is 0 Å². The molecule has 4 heteroatoms. The van der Waals surface area contributed by atoms with Crippen LogP contribution in [0.4, 0.5) is 5.82 Å². The van der Waals surface area contributed by atoms with E-state index in [1.807, 2.05) is 0 Å². The van der Waals surface area contributed by atoms with E-state index in [0.29, 0.717) is 0 Å². The Bertz CT molecular complexity index is 881. The Balaban J connectivity index is 1.92. The van der Waals surface area contributed by atoms with Crippen LogP contribution in [0.2, 0.25) is 0 Å². The molecular weight excluding hydrogens is 326 g/mol. The molecule has 0 spiro atoms. The molecule has 1 N–H and O–H groups in total. The van der Waals surface area contributed by atoms with Gasteiger partial charge in [0.2, 0.25) is 0 Å². The molecule has 0 unspecified atom stereocenters. The van der Waals surface area contributed by atoms with E-state index in [-0.39, 0.29) is 0 Å². The van der Waals surface area contributed by atoms with Crippen molar-refractivity contribution in [3.63, 3.8) is 0 Å². The molecular formula is C21H23N3S. The Morgan fingerprint density at radius 2 is 1.84 bits per heavy atom. The molecule has 2 aromatic carbocycles. The Hall–Kier alpha value is -2.20. The molecule has 0 amide bonds. The second kappa shape index (κ2) is 6.96. The fourth-order valence-electron chi connectivity index (χ4n) is 3.43. The topological polar surface area (TPSA) is 29.9 Å². The standard InChI is InChI=1S/C21H23N3S/c1-15-10-12-16(13-11-15)24-21-18(8-5-6-14-22-21)20(23-24)17-7-3-4-9-19(17)25-2/h3-4,7,9-13,22H,5-6,8,14H2,1-2H3. The first-order valence-corrected chi connectivity index (χ1v) is 10.1. The van der Waals surface area contributed by atoms with Gasteiger partial charge in [-0.1, -0.05) is 35.9 Å². The van der Waals surface area contributed by atoms with Crippen molar-refractivity contribution in [2.75, 3.05) is 18.1 Å². The van der Waals surface area contributed by atoms with Gasteiger partial charge in [0.1, 0.15) is 5.82 Å². The highest BCUT2D eigenvalue weighted by Crippen LogP contribution is 2.37. The van der Waals surface area contributed by atoms with E-state index >= 15 is 0 Å². The molecule has 0 saturated carbocycles. The fraction of sp³-hybridized carbons (Fsp3) is 0.286. The maximum Gasteiger partial charge on any atom is 0.133 e. The average Bonchev–Trinajstić information content (AvgIpc) is 2.83.